The Labute approximate surface area is 248 Å². The first-order valence-corrected chi connectivity index (χ1v) is 14.0. The van der Waals surface area contributed by atoms with Gasteiger partial charge in [0.2, 0.25) is 5.88 Å². The lowest BCUT2D eigenvalue weighted by atomic mass is 9.90. The molecule has 0 aliphatic carbocycles. The van der Waals surface area contributed by atoms with E-state index < -0.39 is 17.7 Å². The van der Waals surface area contributed by atoms with Crippen molar-refractivity contribution >= 4 is 5.78 Å². The number of benzene rings is 2. The highest BCUT2D eigenvalue weighted by Crippen LogP contribution is 2.37. The van der Waals surface area contributed by atoms with Crippen LogP contribution < -0.4 is 4.74 Å². The minimum absolute atomic E-state index is 0.0505. The zero-order valence-electron chi connectivity index (χ0n) is 24.3. The van der Waals surface area contributed by atoms with Gasteiger partial charge < -0.3 is 14.6 Å². The quantitative estimate of drug-likeness (QED) is 0.251. The number of aliphatic hydroxyl groups is 1. The number of para-hydroxylation sites is 1. The second-order valence-corrected chi connectivity index (χ2v) is 10.5. The number of hydroxylamine groups is 2. The Bertz CT molecular complexity index is 1580. The van der Waals surface area contributed by atoms with Crippen LogP contribution in [0.1, 0.15) is 34.9 Å². The second-order valence-electron chi connectivity index (χ2n) is 10.5. The Morgan fingerprint density at radius 2 is 1.91 bits per heavy atom. The third kappa shape index (κ3) is 6.65. The van der Waals surface area contributed by atoms with Gasteiger partial charge in [-0.3, -0.25) is 9.63 Å². The number of pyridine rings is 1. The first-order valence-electron chi connectivity index (χ1n) is 14.0. The van der Waals surface area contributed by atoms with Gasteiger partial charge in [0, 0.05) is 56.3 Å². The number of Topliss-reactive ketones (excluding diaryl/α,β-unsaturated/α-hetero) is 1. The maximum absolute atomic E-state index is 14.1. The van der Waals surface area contributed by atoms with Crippen LogP contribution in [-0.4, -0.2) is 64.6 Å². The van der Waals surface area contributed by atoms with Gasteiger partial charge in [-0.05, 0) is 48.4 Å². The van der Waals surface area contributed by atoms with Crippen LogP contribution in [0.2, 0.25) is 0 Å². The summed E-state index contributed by atoms with van der Waals surface area (Å²) in [4.78, 5) is 24.1. The van der Waals surface area contributed by atoms with Crippen LogP contribution in [0.15, 0.2) is 60.8 Å². The van der Waals surface area contributed by atoms with Crippen molar-refractivity contribution in [2.75, 3.05) is 33.9 Å². The fourth-order valence-corrected chi connectivity index (χ4v) is 5.45. The lowest BCUT2D eigenvalue weighted by molar-refractivity contribution is -0.155. The van der Waals surface area contributed by atoms with Gasteiger partial charge in [-0.15, -0.1) is 0 Å². The summed E-state index contributed by atoms with van der Waals surface area (Å²) in [7, 11) is 3.08. The van der Waals surface area contributed by atoms with Crippen molar-refractivity contribution in [1.82, 2.24) is 19.8 Å². The zero-order chi connectivity index (χ0) is 30.5. The highest BCUT2D eigenvalue weighted by Gasteiger charge is 2.37. The number of ether oxygens (including phenoxy) is 2. The largest absolute Gasteiger partial charge is 0.481 e. The number of halogens is 2. The second kappa shape index (κ2) is 13.5. The lowest BCUT2D eigenvalue weighted by Crippen LogP contribution is -2.24. The smallest absolute Gasteiger partial charge is 0.218 e. The number of aliphatic hydroxyl groups excluding tert-OH is 1. The number of methoxy groups -OCH3 is 2. The topological polar surface area (TPSA) is 98.9 Å². The number of hydrogen-bond donors (Lipinski definition) is 1. The molecule has 1 saturated heterocycles. The van der Waals surface area contributed by atoms with Gasteiger partial charge >= 0.3 is 0 Å². The Balaban J connectivity index is 1.45. The van der Waals surface area contributed by atoms with Crippen molar-refractivity contribution in [1.29, 1.82) is 0 Å². The van der Waals surface area contributed by atoms with Crippen molar-refractivity contribution in [3.05, 3.63) is 94.8 Å². The average molecular weight is 593 g/mol. The van der Waals surface area contributed by atoms with Gasteiger partial charge in [0.1, 0.15) is 11.9 Å². The van der Waals surface area contributed by atoms with Crippen molar-refractivity contribution in [2.45, 2.75) is 32.5 Å². The number of carbonyl (C=O) groups excluding carboxylic acids is 1. The number of aromatic nitrogens is 3. The highest BCUT2D eigenvalue weighted by atomic mass is 19.2. The van der Waals surface area contributed by atoms with E-state index in [1.165, 1.54) is 13.2 Å². The van der Waals surface area contributed by atoms with Gasteiger partial charge in [0.25, 0.3) is 0 Å². The van der Waals surface area contributed by atoms with Gasteiger partial charge in [-0.25, -0.2) is 18.4 Å². The summed E-state index contributed by atoms with van der Waals surface area (Å²) in [6.07, 6.45) is 1.25. The van der Waals surface area contributed by atoms with E-state index in [0.717, 1.165) is 23.4 Å². The predicted molar refractivity (Wildman–Crippen MR) is 154 cm³/mol. The normalized spacial score (nSPS) is 17.0. The van der Waals surface area contributed by atoms with Crippen LogP contribution in [0.4, 0.5) is 8.78 Å². The Hall–Kier alpha value is -4.03. The van der Waals surface area contributed by atoms with E-state index in [-0.39, 0.29) is 31.1 Å². The molecule has 0 spiro atoms. The molecule has 9 nitrogen and oxygen atoms in total. The zero-order valence-corrected chi connectivity index (χ0v) is 24.3. The Morgan fingerprint density at radius 3 is 2.60 bits per heavy atom. The average Bonchev–Trinajstić information content (AvgIpc) is 3.57. The summed E-state index contributed by atoms with van der Waals surface area (Å²) in [5.41, 5.74) is 4.61. The molecule has 1 N–H and O–H groups in total. The number of carbonyl (C=O) groups is 1. The van der Waals surface area contributed by atoms with Crippen LogP contribution in [-0.2, 0) is 27.4 Å². The molecule has 0 bridgehead atoms. The molecule has 2 atom stereocenters. The van der Waals surface area contributed by atoms with Gasteiger partial charge in [-0.1, -0.05) is 24.3 Å². The maximum atomic E-state index is 14.1. The Kier molecular flexibility index (Phi) is 9.56. The van der Waals surface area contributed by atoms with Crippen LogP contribution in [0.25, 0.3) is 16.9 Å². The van der Waals surface area contributed by atoms with E-state index >= 15 is 0 Å². The minimum Gasteiger partial charge on any atom is -0.481 e. The molecule has 0 radical (unpaired) electrons. The fourth-order valence-electron chi connectivity index (χ4n) is 5.45. The van der Waals surface area contributed by atoms with Gasteiger partial charge in [-0.2, -0.15) is 10.2 Å². The van der Waals surface area contributed by atoms with E-state index in [1.807, 2.05) is 37.3 Å². The van der Waals surface area contributed by atoms with Crippen LogP contribution in [0, 0.1) is 24.5 Å². The summed E-state index contributed by atoms with van der Waals surface area (Å²) in [5.74, 6) is -1.92. The molecule has 11 heteroatoms. The molecule has 2 aromatic carbocycles. The molecule has 1 aliphatic rings. The molecule has 0 amide bonds. The van der Waals surface area contributed by atoms with Gasteiger partial charge in [0.05, 0.1) is 37.4 Å². The van der Waals surface area contributed by atoms with Crippen molar-refractivity contribution in [3.63, 3.8) is 0 Å². The van der Waals surface area contributed by atoms with Crippen molar-refractivity contribution in [2.24, 2.45) is 5.92 Å². The molecule has 5 rings (SSSR count). The molecule has 4 aromatic rings. The molecular formula is C32H34F2N4O5. The first-order chi connectivity index (χ1) is 20.8. The SMILES string of the molecule is COCCN1C[C@@H](CC(=O)Cc2c(C)c(-c3cnc(OC)c(CO)c3)nn2-c2ccccc2)[C@H](c2ccc(F)c(F)c2)O1. The van der Waals surface area contributed by atoms with E-state index in [2.05, 4.69) is 4.98 Å². The third-order valence-corrected chi connectivity index (χ3v) is 7.61. The van der Waals surface area contributed by atoms with Crippen LogP contribution in [0.3, 0.4) is 0 Å². The summed E-state index contributed by atoms with van der Waals surface area (Å²) in [6.45, 7) is 2.97. The van der Waals surface area contributed by atoms with E-state index in [0.29, 0.717) is 53.7 Å². The molecule has 1 fully saturated rings. The predicted octanol–water partition coefficient (Wildman–Crippen LogP) is 4.77. The number of hydrogen-bond acceptors (Lipinski definition) is 8. The van der Waals surface area contributed by atoms with Crippen LogP contribution in [0.5, 0.6) is 5.88 Å². The molecule has 1 aliphatic heterocycles. The Morgan fingerprint density at radius 1 is 1.12 bits per heavy atom. The molecule has 226 valence electrons. The molecule has 0 saturated carbocycles. The van der Waals surface area contributed by atoms with Gasteiger partial charge in [0.15, 0.2) is 11.6 Å². The maximum Gasteiger partial charge on any atom is 0.218 e. The number of rotatable bonds is 12. The van der Waals surface area contributed by atoms with Crippen molar-refractivity contribution in [3.8, 4) is 22.8 Å². The summed E-state index contributed by atoms with van der Waals surface area (Å²) < 4.78 is 40.0. The molecule has 2 aromatic heterocycles. The number of nitrogens with zero attached hydrogens (tertiary/aromatic N) is 4. The fraction of sp³-hybridized carbons (Fsp3) is 0.344. The minimum atomic E-state index is -0.964. The summed E-state index contributed by atoms with van der Waals surface area (Å²) in [6, 6.07) is 15.0. The molecule has 0 unspecified atom stereocenters. The highest BCUT2D eigenvalue weighted by molar-refractivity contribution is 5.82. The molecule has 43 heavy (non-hydrogen) atoms. The van der Waals surface area contributed by atoms with E-state index in [4.69, 9.17) is 19.4 Å². The summed E-state index contributed by atoms with van der Waals surface area (Å²) >= 11 is 0. The summed E-state index contributed by atoms with van der Waals surface area (Å²) in [5, 5.41) is 16.4. The monoisotopic (exact) mass is 592 g/mol. The molecule has 3 heterocycles. The lowest BCUT2D eigenvalue weighted by Gasteiger charge is -2.18. The first kappa shape index (κ1) is 30.4. The van der Waals surface area contributed by atoms with E-state index in [1.54, 1.807) is 29.1 Å². The van der Waals surface area contributed by atoms with Crippen molar-refractivity contribution < 1.29 is 33.0 Å². The van der Waals surface area contributed by atoms with Crippen LogP contribution >= 0.6 is 0 Å². The third-order valence-electron chi connectivity index (χ3n) is 7.61. The standard InChI is InChI=1S/C32H34F2N4O5/c1-20-29(38(25-7-5-4-6-8-25)36-30(20)22-13-24(19-39)32(42-3)35-17-22)16-26(40)14-23-18-37(11-12-41-2)43-31(23)21-9-10-27(33)28(34)15-21/h4-10,13,15,17,23,31,39H,11-12,14,16,18-19H2,1-3H3/t23-,31+/m1/s1. The molecular weight excluding hydrogens is 558 g/mol. The number of ketones is 1. The van der Waals surface area contributed by atoms with E-state index in [9.17, 15) is 18.7 Å².